The largest absolute Gasteiger partial charge is 0.335 e. The van der Waals surface area contributed by atoms with Crippen LogP contribution in [-0.4, -0.2) is 47.8 Å². The van der Waals surface area contributed by atoms with Gasteiger partial charge in [0.2, 0.25) is 0 Å². The minimum Gasteiger partial charge on any atom is -0.335 e. The molecule has 1 aromatic carbocycles. The van der Waals surface area contributed by atoms with Crippen LogP contribution in [0.4, 0.5) is 0 Å². The molecule has 4 nitrogen and oxygen atoms in total. The quantitative estimate of drug-likeness (QED) is 0.831. The van der Waals surface area contributed by atoms with Gasteiger partial charge in [0.1, 0.15) is 0 Å². The Labute approximate surface area is 152 Å². The zero-order valence-electron chi connectivity index (χ0n) is 14.2. The number of nitrogens with zero attached hydrogens (tertiary/aromatic N) is 2. The van der Waals surface area contributed by atoms with Crippen LogP contribution in [0.3, 0.4) is 0 Å². The maximum Gasteiger partial charge on any atom is 0.255 e. The van der Waals surface area contributed by atoms with E-state index >= 15 is 0 Å². The van der Waals surface area contributed by atoms with Crippen LogP contribution in [0, 0.1) is 0 Å². The predicted molar refractivity (Wildman–Crippen MR) is 99.2 cm³/mol. The zero-order valence-corrected chi connectivity index (χ0v) is 15.1. The fourth-order valence-corrected chi connectivity index (χ4v) is 4.84. The topological polar surface area (TPSA) is 40.6 Å². The number of aryl methyl sites for hydroxylation is 1. The maximum atomic E-state index is 12.9. The second-order valence-electron chi connectivity index (χ2n) is 6.71. The molecule has 2 aliphatic rings. The summed E-state index contributed by atoms with van der Waals surface area (Å²) in [5.41, 5.74) is 2.90. The van der Waals surface area contributed by atoms with Crippen molar-refractivity contribution in [2.75, 3.05) is 26.2 Å². The van der Waals surface area contributed by atoms with Gasteiger partial charge in [-0.15, -0.1) is 11.3 Å². The monoisotopic (exact) mass is 354 g/mol. The lowest BCUT2D eigenvalue weighted by molar-refractivity contribution is 0.0535. The second-order valence-corrected chi connectivity index (χ2v) is 7.67. The summed E-state index contributed by atoms with van der Waals surface area (Å²) in [4.78, 5) is 30.6. The van der Waals surface area contributed by atoms with Crippen LogP contribution in [0.1, 0.15) is 44.0 Å². The van der Waals surface area contributed by atoms with Crippen LogP contribution in [0.15, 0.2) is 35.7 Å². The van der Waals surface area contributed by atoms with Crippen molar-refractivity contribution in [2.45, 2.75) is 25.7 Å². The summed E-state index contributed by atoms with van der Waals surface area (Å²) in [6, 6.07) is 9.36. The minimum atomic E-state index is 0.0561. The summed E-state index contributed by atoms with van der Waals surface area (Å²) < 4.78 is 0. The molecule has 5 heteroatoms. The van der Waals surface area contributed by atoms with Gasteiger partial charge in [-0.2, -0.15) is 0 Å². The first-order valence-corrected chi connectivity index (χ1v) is 9.85. The summed E-state index contributed by atoms with van der Waals surface area (Å²) >= 11 is 1.74. The van der Waals surface area contributed by atoms with Crippen LogP contribution in [0.2, 0.25) is 0 Å². The van der Waals surface area contributed by atoms with Crippen LogP contribution in [0.5, 0.6) is 0 Å². The van der Waals surface area contributed by atoms with E-state index in [1.54, 1.807) is 11.3 Å². The highest BCUT2D eigenvalue weighted by Crippen LogP contribution is 2.31. The average Bonchev–Trinajstić information content (AvgIpc) is 3.12. The minimum absolute atomic E-state index is 0.0561. The van der Waals surface area contributed by atoms with Gasteiger partial charge < -0.3 is 9.80 Å². The Morgan fingerprint density at radius 1 is 0.840 bits per heavy atom. The predicted octanol–water partition coefficient (Wildman–Crippen LogP) is 3.23. The molecule has 130 valence electrons. The molecule has 1 aliphatic heterocycles. The number of carbonyl (C=O) groups excluding carboxylic acids is 2. The molecule has 4 rings (SSSR count). The Hall–Kier alpha value is -2.14. The number of rotatable bonds is 2. The summed E-state index contributed by atoms with van der Waals surface area (Å²) in [5, 5.41) is 2.04. The first-order valence-electron chi connectivity index (χ1n) is 8.97. The molecule has 0 saturated carbocycles. The molecule has 1 saturated heterocycles. The van der Waals surface area contributed by atoms with Crippen molar-refractivity contribution < 1.29 is 9.59 Å². The molecule has 0 unspecified atom stereocenters. The van der Waals surface area contributed by atoms with E-state index in [1.165, 1.54) is 23.3 Å². The van der Waals surface area contributed by atoms with E-state index < -0.39 is 0 Å². The number of benzene rings is 1. The molecular formula is C20H22N2O2S. The van der Waals surface area contributed by atoms with Gasteiger partial charge in [-0.25, -0.2) is 0 Å². The van der Waals surface area contributed by atoms with Gasteiger partial charge >= 0.3 is 0 Å². The first kappa shape index (κ1) is 16.3. The maximum absolute atomic E-state index is 12.9. The number of fused-ring (bicyclic) bond motifs is 1. The number of thiophene rings is 1. The van der Waals surface area contributed by atoms with Gasteiger partial charge in [0.05, 0.1) is 5.56 Å². The van der Waals surface area contributed by atoms with E-state index in [0.717, 1.165) is 18.4 Å². The van der Waals surface area contributed by atoms with Gasteiger partial charge in [-0.05, 0) is 43.4 Å². The van der Waals surface area contributed by atoms with E-state index in [2.05, 4.69) is 0 Å². The molecule has 1 fully saturated rings. The zero-order chi connectivity index (χ0) is 17.2. The van der Waals surface area contributed by atoms with E-state index in [1.807, 2.05) is 45.5 Å². The summed E-state index contributed by atoms with van der Waals surface area (Å²) in [6.07, 6.45) is 4.57. The average molecular weight is 354 g/mol. The number of hydrogen-bond donors (Lipinski definition) is 0. The molecular weight excluding hydrogens is 332 g/mol. The molecule has 25 heavy (non-hydrogen) atoms. The third kappa shape index (κ3) is 3.21. The Bertz CT molecular complexity index is 776. The number of hydrogen-bond acceptors (Lipinski definition) is 3. The van der Waals surface area contributed by atoms with Crippen LogP contribution in [0.25, 0.3) is 0 Å². The van der Waals surface area contributed by atoms with Crippen LogP contribution >= 0.6 is 11.3 Å². The fourth-order valence-electron chi connectivity index (χ4n) is 3.72. The van der Waals surface area contributed by atoms with Crippen molar-refractivity contribution >= 4 is 23.2 Å². The fraction of sp³-hybridized carbons (Fsp3) is 0.400. The van der Waals surface area contributed by atoms with Crippen LogP contribution in [-0.2, 0) is 12.8 Å². The standard InChI is InChI=1S/C20H22N2O2S/c23-19(15-6-2-1-3-7-15)21-10-12-22(13-11-21)20(24)17-14-25-18-9-5-4-8-16(17)18/h1-3,6-7,14H,4-5,8-13H2. The molecule has 2 aromatic rings. The number of amides is 2. The van der Waals surface area contributed by atoms with E-state index in [9.17, 15) is 9.59 Å². The lowest BCUT2D eigenvalue weighted by atomic mass is 9.95. The molecule has 2 amide bonds. The Kier molecular flexibility index (Phi) is 4.57. The van der Waals surface area contributed by atoms with Gasteiger partial charge in [0, 0.05) is 42.0 Å². The molecule has 0 spiro atoms. The Morgan fingerprint density at radius 3 is 2.20 bits per heavy atom. The van der Waals surface area contributed by atoms with E-state index in [0.29, 0.717) is 31.7 Å². The van der Waals surface area contributed by atoms with Crippen molar-refractivity contribution in [1.29, 1.82) is 0 Å². The molecule has 0 radical (unpaired) electrons. The number of carbonyl (C=O) groups is 2. The van der Waals surface area contributed by atoms with Crippen molar-refractivity contribution in [3.63, 3.8) is 0 Å². The van der Waals surface area contributed by atoms with Crippen molar-refractivity contribution in [1.82, 2.24) is 9.80 Å². The number of piperazine rings is 1. The van der Waals surface area contributed by atoms with E-state index in [-0.39, 0.29) is 11.8 Å². The molecule has 0 atom stereocenters. The van der Waals surface area contributed by atoms with Crippen LogP contribution < -0.4 is 0 Å². The lowest BCUT2D eigenvalue weighted by Crippen LogP contribution is -2.50. The molecule has 1 aromatic heterocycles. The van der Waals surface area contributed by atoms with Crippen molar-refractivity contribution in [3.8, 4) is 0 Å². The molecule has 1 aliphatic carbocycles. The Balaban J connectivity index is 1.41. The van der Waals surface area contributed by atoms with Gasteiger partial charge in [0.25, 0.3) is 11.8 Å². The normalized spacial score (nSPS) is 17.3. The SMILES string of the molecule is O=C(c1ccccc1)N1CCN(C(=O)c2csc3c2CCCC3)CC1. The smallest absolute Gasteiger partial charge is 0.255 e. The van der Waals surface area contributed by atoms with E-state index in [4.69, 9.17) is 0 Å². The summed E-state index contributed by atoms with van der Waals surface area (Å²) in [5.74, 6) is 0.201. The molecule has 0 N–H and O–H groups in total. The third-order valence-corrected chi connectivity index (χ3v) is 6.26. The van der Waals surface area contributed by atoms with Crippen molar-refractivity contribution in [3.05, 3.63) is 57.3 Å². The first-order chi connectivity index (χ1) is 12.2. The third-order valence-electron chi connectivity index (χ3n) is 5.17. The lowest BCUT2D eigenvalue weighted by Gasteiger charge is -2.35. The highest BCUT2D eigenvalue weighted by molar-refractivity contribution is 7.10. The molecule has 0 bridgehead atoms. The van der Waals surface area contributed by atoms with Gasteiger partial charge in [-0.3, -0.25) is 9.59 Å². The highest BCUT2D eigenvalue weighted by atomic mass is 32.1. The molecule has 2 heterocycles. The Morgan fingerprint density at radius 2 is 1.48 bits per heavy atom. The van der Waals surface area contributed by atoms with Gasteiger partial charge in [-0.1, -0.05) is 18.2 Å². The van der Waals surface area contributed by atoms with Crippen molar-refractivity contribution in [2.24, 2.45) is 0 Å². The second kappa shape index (κ2) is 7.00. The summed E-state index contributed by atoms with van der Waals surface area (Å²) in [6.45, 7) is 2.43. The van der Waals surface area contributed by atoms with Gasteiger partial charge in [0.15, 0.2) is 0 Å². The highest BCUT2D eigenvalue weighted by Gasteiger charge is 2.28. The summed E-state index contributed by atoms with van der Waals surface area (Å²) in [7, 11) is 0.